The first-order valence-electron chi connectivity index (χ1n) is 24.0. The van der Waals surface area contributed by atoms with Crippen molar-refractivity contribution < 1.29 is 38.4 Å². The molecule has 0 amide bonds. The van der Waals surface area contributed by atoms with Crippen molar-refractivity contribution in [3.05, 3.63) is 46.5 Å². The van der Waals surface area contributed by atoms with Crippen LogP contribution in [0.5, 0.6) is 11.5 Å². The van der Waals surface area contributed by atoms with E-state index in [1.165, 1.54) is 153 Å². The van der Waals surface area contributed by atoms with Gasteiger partial charge in [-0.2, -0.15) is 0 Å². The smallest absolute Gasteiger partial charge is 0.336 e. The van der Waals surface area contributed by atoms with Crippen molar-refractivity contribution in [2.24, 2.45) is 0 Å². The lowest BCUT2D eigenvalue weighted by Gasteiger charge is -2.19. The van der Waals surface area contributed by atoms with Gasteiger partial charge in [-0.05, 0) is 61.1 Å². The standard InChI is InChI=1S/C50H82O8S/c1-3-5-7-9-11-13-15-17-19-21-23-25-27-29-31-33-35-41-43(49(53)54)37-39-45(51)47(41)59(57,58)48-42(44(50(55)56)38-40-46(48)52)36-34-32-30-28-26-24-22-20-18-16-14-12-10-8-6-4-2/h37-40,51-52H,3-36H2,1-2H3,(H,53,54)(H,55,56). The molecule has 4 N–H and O–H groups in total. The molecule has 0 saturated carbocycles. The number of aromatic hydroxyl groups is 2. The molecule has 0 heterocycles. The van der Waals surface area contributed by atoms with Gasteiger partial charge >= 0.3 is 11.9 Å². The van der Waals surface area contributed by atoms with Crippen LogP contribution in [-0.4, -0.2) is 40.8 Å². The monoisotopic (exact) mass is 843 g/mol. The molecule has 0 atom stereocenters. The summed E-state index contributed by atoms with van der Waals surface area (Å²) >= 11 is 0. The lowest BCUT2D eigenvalue weighted by atomic mass is 9.99. The number of hydrogen-bond acceptors (Lipinski definition) is 6. The van der Waals surface area contributed by atoms with Crippen molar-refractivity contribution in [1.82, 2.24) is 0 Å². The summed E-state index contributed by atoms with van der Waals surface area (Å²) in [4.78, 5) is 23.6. The van der Waals surface area contributed by atoms with Crippen molar-refractivity contribution in [2.45, 2.75) is 242 Å². The van der Waals surface area contributed by atoms with E-state index in [0.717, 1.165) is 63.5 Å². The lowest BCUT2D eigenvalue weighted by molar-refractivity contribution is 0.0684. The van der Waals surface area contributed by atoms with Crippen molar-refractivity contribution in [1.29, 1.82) is 0 Å². The summed E-state index contributed by atoms with van der Waals surface area (Å²) in [5, 5.41) is 42.3. The van der Waals surface area contributed by atoms with Gasteiger partial charge in [-0.15, -0.1) is 0 Å². The van der Waals surface area contributed by atoms with Crippen LogP contribution in [-0.2, 0) is 22.7 Å². The third kappa shape index (κ3) is 20.4. The van der Waals surface area contributed by atoms with Crippen LogP contribution in [0.25, 0.3) is 0 Å². The summed E-state index contributed by atoms with van der Waals surface area (Å²) in [6.07, 6.45) is 37.8. The Bertz CT molecular complexity index is 1460. The number of unbranched alkanes of at least 4 members (excludes halogenated alkanes) is 30. The van der Waals surface area contributed by atoms with Crippen molar-refractivity contribution >= 4 is 21.8 Å². The third-order valence-corrected chi connectivity index (χ3v) is 14.0. The molecule has 0 unspecified atom stereocenters. The SMILES string of the molecule is CCCCCCCCCCCCCCCCCCc1c(C(=O)O)ccc(O)c1S(=O)(=O)c1c(O)ccc(C(=O)O)c1CCCCCCCCCCCCCCCCCC. The minimum absolute atomic E-state index is 0.0173. The summed E-state index contributed by atoms with van der Waals surface area (Å²) in [5.41, 5.74) is -0.487. The van der Waals surface area contributed by atoms with Gasteiger partial charge in [0.2, 0.25) is 9.84 Å². The Hall–Kier alpha value is -3.07. The summed E-state index contributed by atoms with van der Waals surface area (Å²) < 4.78 is 29.0. The fourth-order valence-corrected chi connectivity index (χ4v) is 10.5. The summed E-state index contributed by atoms with van der Waals surface area (Å²) in [7, 11) is -4.74. The Morgan fingerprint density at radius 1 is 0.390 bits per heavy atom. The molecule has 9 heteroatoms. The van der Waals surface area contributed by atoms with E-state index in [-0.39, 0.29) is 35.1 Å². The predicted octanol–water partition coefficient (Wildman–Crippen LogP) is 14.9. The molecule has 0 bridgehead atoms. The summed E-state index contributed by atoms with van der Waals surface area (Å²) in [6, 6.07) is 4.54. The van der Waals surface area contributed by atoms with E-state index >= 15 is 0 Å². The molecular formula is C50H82O8S. The van der Waals surface area contributed by atoms with E-state index in [0.29, 0.717) is 12.8 Å². The highest BCUT2D eigenvalue weighted by Gasteiger charge is 2.34. The maximum atomic E-state index is 14.5. The lowest BCUT2D eigenvalue weighted by Crippen LogP contribution is -2.15. The maximum absolute atomic E-state index is 14.5. The van der Waals surface area contributed by atoms with Gasteiger partial charge in [0, 0.05) is 0 Å². The molecule has 0 saturated heterocycles. The van der Waals surface area contributed by atoms with E-state index in [2.05, 4.69) is 13.8 Å². The van der Waals surface area contributed by atoms with Gasteiger partial charge in [0.05, 0.1) is 11.1 Å². The number of carbonyl (C=O) groups is 2. The Balaban J connectivity index is 1.96. The summed E-state index contributed by atoms with van der Waals surface area (Å²) in [6.45, 7) is 4.49. The van der Waals surface area contributed by atoms with Gasteiger partial charge in [-0.1, -0.05) is 206 Å². The summed E-state index contributed by atoms with van der Waals surface area (Å²) in [5.74, 6) is -3.86. The van der Waals surface area contributed by atoms with Crippen molar-refractivity contribution in [3.63, 3.8) is 0 Å². The average molecular weight is 843 g/mol. The molecule has 2 aromatic carbocycles. The zero-order valence-corrected chi connectivity index (χ0v) is 38.0. The van der Waals surface area contributed by atoms with E-state index in [1.54, 1.807) is 0 Å². The fourth-order valence-electron chi connectivity index (χ4n) is 8.53. The first-order valence-corrected chi connectivity index (χ1v) is 25.5. The Kier molecular flexibility index (Phi) is 28.0. The molecule has 0 fully saturated rings. The second kappa shape index (κ2) is 31.8. The molecule has 0 aromatic heterocycles. The van der Waals surface area contributed by atoms with Crippen LogP contribution in [0.4, 0.5) is 0 Å². The molecule has 336 valence electrons. The van der Waals surface area contributed by atoms with Crippen LogP contribution in [0, 0.1) is 0 Å². The van der Waals surface area contributed by atoms with E-state index in [9.17, 15) is 38.4 Å². The van der Waals surface area contributed by atoms with Crippen molar-refractivity contribution in [2.75, 3.05) is 0 Å². The van der Waals surface area contributed by atoms with Crippen LogP contribution in [0.3, 0.4) is 0 Å². The Morgan fingerprint density at radius 3 is 0.831 bits per heavy atom. The largest absolute Gasteiger partial charge is 0.507 e. The molecule has 2 rings (SSSR count). The number of carboxylic acid groups (broad SMARTS) is 2. The molecule has 2 aromatic rings. The number of phenolic OH excluding ortho intramolecular Hbond substituents is 2. The van der Waals surface area contributed by atoms with Crippen LogP contribution >= 0.6 is 0 Å². The Labute approximate surface area is 358 Å². The quantitative estimate of drug-likeness (QED) is 0.0488. The van der Waals surface area contributed by atoms with Crippen LogP contribution in [0.2, 0.25) is 0 Å². The molecule has 59 heavy (non-hydrogen) atoms. The van der Waals surface area contributed by atoms with Crippen molar-refractivity contribution in [3.8, 4) is 11.5 Å². The number of phenols is 2. The zero-order valence-electron chi connectivity index (χ0n) is 37.2. The first-order chi connectivity index (χ1) is 28.6. The minimum atomic E-state index is -4.74. The molecule has 8 nitrogen and oxygen atoms in total. The van der Waals surface area contributed by atoms with Crippen LogP contribution < -0.4 is 0 Å². The first kappa shape index (κ1) is 52.1. The number of hydrogen-bond donors (Lipinski definition) is 4. The van der Waals surface area contributed by atoms with E-state index in [4.69, 9.17) is 0 Å². The fraction of sp³-hybridized carbons (Fsp3) is 0.720. The van der Waals surface area contributed by atoms with Gasteiger partial charge < -0.3 is 20.4 Å². The predicted molar refractivity (Wildman–Crippen MR) is 242 cm³/mol. The highest BCUT2D eigenvalue weighted by atomic mass is 32.2. The highest BCUT2D eigenvalue weighted by Crippen LogP contribution is 2.41. The van der Waals surface area contributed by atoms with Gasteiger partial charge in [0.1, 0.15) is 21.3 Å². The number of carboxylic acids is 2. The zero-order chi connectivity index (χ0) is 43.1. The maximum Gasteiger partial charge on any atom is 0.336 e. The number of sulfone groups is 1. The van der Waals surface area contributed by atoms with Crippen LogP contribution in [0.1, 0.15) is 251 Å². The number of benzene rings is 2. The third-order valence-electron chi connectivity index (χ3n) is 12.0. The van der Waals surface area contributed by atoms with Gasteiger partial charge in [-0.25, -0.2) is 18.0 Å². The molecule has 0 aliphatic heterocycles. The van der Waals surface area contributed by atoms with Crippen LogP contribution in [0.15, 0.2) is 34.1 Å². The van der Waals surface area contributed by atoms with Gasteiger partial charge in [0.15, 0.2) is 0 Å². The topological polar surface area (TPSA) is 149 Å². The number of rotatable bonds is 38. The normalized spacial score (nSPS) is 11.7. The second-order valence-electron chi connectivity index (χ2n) is 17.1. The minimum Gasteiger partial charge on any atom is -0.507 e. The molecular weight excluding hydrogens is 761 g/mol. The molecule has 0 spiro atoms. The average Bonchev–Trinajstić information content (AvgIpc) is 3.20. The van der Waals surface area contributed by atoms with Gasteiger partial charge in [-0.3, -0.25) is 0 Å². The molecule has 0 radical (unpaired) electrons. The highest BCUT2D eigenvalue weighted by molar-refractivity contribution is 7.91. The van der Waals surface area contributed by atoms with E-state index in [1.807, 2.05) is 0 Å². The molecule has 0 aliphatic rings. The second-order valence-corrected chi connectivity index (χ2v) is 18.9. The number of aromatic carboxylic acids is 2. The van der Waals surface area contributed by atoms with Gasteiger partial charge in [0.25, 0.3) is 0 Å². The Morgan fingerprint density at radius 2 is 0.610 bits per heavy atom. The van der Waals surface area contributed by atoms with E-state index < -0.39 is 43.1 Å². The molecule has 0 aliphatic carbocycles.